The Kier molecular flexibility index (Phi) is 5.16. The molecule has 2 N–H and O–H groups in total. The third kappa shape index (κ3) is 3.53. The highest BCUT2D eigenvalue weighted by Crippen LogP contribution is 2.37. The number of rotatable bonds is 5. The van der Waals surface area contributed by atoms with E-state index in [1.807, 2.05) is 41.8 Å². The summed E-state index contributed by atoms with van der Waals surface area (Å²) in [5, 5.41) is 6.56. The van der Waals surface area contributed by atoms with Gasteiger partial charge < -0.3 is 5.73 Å². The standard InChI is InChI=1S/C23H15ClFN5OS/c24-23-27-9-8-16(28-23)19-20(29-30-10-2-6-15(25)21(19)30)14-5-1-4-13(12-14)18(22(26)31)17-7-3-11-32-17/h1-12,18H,(H2,26,31). The topological polar surface area (TPSA) is 86.2 Å². The molecule has 0 aliphatic heterocycles. The van der Waals surface area contributed by atoms with Gasteiger partial charge in [-0.1, -0.05) is 24.3 Å². The van der Waals surface area contributed by atoms with Crippen LogP contribution in [0.4, 0.5) is 4.39 Å². The van der Waals surface area contributed by atoms with E-state index < -0.39 is 17.6 Å². The van der Waals surface area contributed by atoms with Gasteiger partial charge in [0.05, 0.1) is 17.2 Å². The average molecular weight is 464 g/mol. The molecule has 158 valence electrons. The quantitative estimate of drug-likeness (QED) is 0.374. The van der Waals surface area contributed by atoms with Crippen LogP contribution in [-0.4, -0.2) is 25.5 Å². The summed E-state index contributed by atoms with van der Waals surface area (Å²) in [6.07, 6.45) is 3.17. The van der Waals surface area contributed by atoms with E-state index >= 15 is 0 Å². The SMILES string of the molecule is NC(=O)C(c1cccc(-c2nn3cccc(F)c3c2-c2ccnc(Cl)n2)c1)c1cccs1. The van der Waals surface area contributed by atoms with Crippen LogP contribution in [0.3, 0.4) is 0 Å². The molecule has 1 aromatic carbocycles. The Morgan fingerprint density at radius 2 is 2.03 bits per heavy atom. The molecule has 1 unspecified atom stereocenters. The van der Waals surface area contributed by atoms with E-state index in [1.165, 1.54) is 28.1 Å². The molecule has 0 radical (unpaired) electrons. The van der Waals surface area contributed by atoms with Crippen molar-refractivity contribution in [3.05, 3.63) is 93.9 Å². The first-order chi connectivity index (χ1) is 15.5. The van der Waals surface area contributed by atoms with Crippen LogP contribution in [0.15, 0.2) is 72.4 Å². The number of fused-ring (bicyclic) bond motifs is 1. The minimum absolute atomic E-state index is 0.0457. The van der Waals surface area contributed by atoms with E-state index in [4.69, 9.17) is 17.3 Å². The van der Waals surface area contributed by atoms with Crippen molar-refractivity contribution in [1.29, 1.82) is 0 Å². The highest BCUT2D eigenvalue weighted by Gasteiger charge is 2.24. The van der Waals surface area contributed by atoms with E-state index in [-0.39, 0.29) is 10.8 Å². The predicted octanol–water partition coefficient (Wildman–Crippen LogP) is 4.93. The van der Waals surface area contributed by atoms with Gasteiger partial charge >= 0.3 is 0 Å². The number of hydrogen-bond acceptors (Lipinski definition) is 5. The van der Waals surface area contributed by atoms with Gasteiger partial charge in [0.2, 0.25) is 11.2 Å². The molecule has 5 rings (SSSR count). The number of pyridine rings is 1. The van der Waals surface area contributed by atoms with Crippen molar-refractivity contribution in [1.82, 2.24) is 19.6 Å². The summed E-state index contributed by atoms with van der Waals surface area (Å²) in [4.78, 5) is 21.3. The molecule has 0 saturated carbocycles. The molecule has 4 aromatic heterocycles. The van der Waals surface area contributed by atoms with Gasteiger partial charge in [-0.15, -0.1) is 11.3 Å². The maximum Gasteiger partial charge on any atom is 0.230 e. The zero-order valence-electron chi connectivity index (χ0n) is 16.4. The fraction of sp³-hybridized carbons (Fsp3) is 0.0435. The second-order valence-electron chi connectivity index (χ2n) is 7.06. The van der Waals surface area contributed by atoms with Gasteiger partial charge in [-0.3, -0.25) is 4.79 Å². The zero-order chi connectivity index (χ0) is 22.2. The average Bonchev–Trinajstić information content (AvgIpc) is 3.43. The number of aromatic nitrogens is 4. The number of halogens is 2. The second-order valence-corrected chi connectivity index (χ2v) is 8.38. The molecule has 0 aliphatic rings. The molecule has 0 saturated heterocycles. The van der Waals surface area contributed by atoms with Gasteiger partial charge in [0.15, 0.2) is 0 Å². The summed E-state index contributed by atoms with van der Waals surface area (Å²) < 4.78 is 16.3. The maximum atomic E-state index is 14.9. The van der Waals surface area contributed by atoms with Crippen molar-refractivity contribution in [2.75, 3.05) is 0 Å². The lowest BCUT2D eigenvalue weighted by atomic mass is 9.93. The monoisotopic (exact) mass is 463 g/mol. The number of carbonyl (C=O) groups excluding carboxylic acids is 1. The van der Waals surface area contributed by atoms with Gasteiger partial charge in [0, 0.05) is 22.8 Å². The van der Waals surface area contributed by atoms with Crippen LogP contribution in [-0.2, 0) is 4.79 Å². The number of amides is 1. The fourth-order valence-corrected chi connectivity index (χ4v) is 4.77. The van der Waals surface area contributed by atoms with E-state index in [1.54, 1.807) is 18.3 Å². The number of benzene rings is 1. The lowest BCUT2D eigenvalue weighted by Crippen LogP contribution is -2.21. The summed E-state index contributed by atoms with van der Waals surface area (Å²) in [7, 11) is 0. The van der Waals surface area contributed by atoms with Crippen molar-refractivity contribution in [3.63, 3.8) is 0 Å². The maximum absolute atomic E-state index is 14.9. The van der Waals surface area contributed by atoms with Crippen molar-refractivity contribution < 1.29 is 9.18 Å². The Morgan fingerprint density at radius 1 is 1.16 bits per heavy atom. The van der Waals surface area contributed by atoms with Crippen molar-refractivity contribution in [3.8, 4) is 22.5 Å². The normalized spacial score (nSPS) is 12.2. The van der Waals surface area contributed by atoms with Crippen LogP contribution in [0, 0.1) is 5.82 Å². The van der Waals surface area contributed by atoms with Gasteiger partial charge in [0.1, 0.15) is 17.0 Å². The van der Waals surface area contributed by atoms with Gasteiger partial charge in [-0.05, 0) is 52.9 Å². The van der Waals surface area contributed by atoms with Gasteiger partial charge in [-0.2, -0.15) is 5.10 Å². The molecular weight excluding hydrogens is 449 g/mol. The number of thiophene rings is 1. The number of hydrogen-bond donors (Lipinski definition) is 1. The predicted molar refractivity (Wildman–Crippen MR) is 122 cm³/mol. The highest BCUT2D eigenvalue weighted by molar-refractivity contribution is 7.10. The summed E-state index contributed by atoms with van der Waals surface area (Å²) >= 11 is 7.48. The van der Waals surface area contributed by atoms with Crippen LogP contribution < -0.4 is 5.73 Å². The number of nitrogens with two attached hydrogens (primary N) is 1. The molecular formula is C23H15ClFN5OS. The number of nitrogens with zero attached hydrogens (tertiary/aromatic N) is 4. The van der Waals surface area contributed by atoms with E-state index in [9.17, 15) is 9.18 Å². The van der Waals surface area contributed by atoms with E-state index in [2.05, 4.69) is 15.1 Å². The molecule has 0 aliphatic carbocycles. The van der Waals surface area contributed by atoms with E-state index in [0.29, 0.717) is 22.5 Å². The zero-order valence-corrected chi connectivity index (χ0v) is 18.0. The van der Waals surface area contributed by atoms with E-state index in [0.717, 1.165) is 10.4 Å². The second kappa shape index (κ2) is 8.14. The third-order valence-corrected chi connectivity index (χ3v) is 6.21. The van der Waals surface area contributed by atoms with Crippen LogP contribution in [0.5, 0.6) is 0 Å². The Balaban J connectivity index is 1.74. The molecule has 1 atom stereocenters. The Hall–Kier alpha value is -3.62. The molecule has 4 heterocycles. The van der Waals surface area contributed by atoms with Crippen LogP contribution >= 0.6 is 22.9 Å². The molecule has 9 heteroatoms. The lowest BCUT2D eigenvalue weighted by molar-refractivity contribution is -0.118. The molecule has 5 aromatic rings. The summed E-state index contributed by atoms with van der Waals surface area (Å²) in [5.41, 5.74) is 8.85. The fourth-order valence-electron chi connectivity index (χ4n) is 3.77. The van der Waals surface area contributed by atoms with Gasteiger partial charge in [-0.25, -0.2) is 18.9 Å². The van der Waals surface area contributed by atoms with Gasteiger partial charge in [0.25, 0.3) is 0 Å². The first-order valence-electron chi connectivity index (χ1n) is 9.62. The van der Waals surface area contributed by atoms with Crippen molar-refractivity contribution in [2.24, 2.45) is 5.73 Å². The summed E-state index contributed by atoms with van der Waals surface area (Å²) in [5.74, 6) is -1.49. The molecule has 32 heavy (non-hydrogen) atoms. The number of primary amides is 1. The minimum Gasteiger partial charge on any atom is -0.369 e. The Morgan fingerprint density at radius 3 is 2.78 bits per heavy atom. The largest absolute Gasteiger partial charge is 0.369 e. The first kappa shape index (κ1) is 20.3. The minimum atomic E-state index is -0.597. The van der Waals surface area contributed by atoms with Crippen molar-refractivity contribution in [2.45, 2.75) is 5.92 Å². The number of carbonyl (C=O) groups is 1. The summed E-state index contributed by atoms with van der Waals surface area (Å²) in [6.45, 7) is 0. The molecule has 0 bridgehead atoms. The Bertz CT molecular complexity index is 1450. The molecule has 6 nitrogen and oxygen atoms in total. The van der Waals surface area contributed by atoms with Crippen LogP contribution in [0.2, 0.25) is 5.28 Å². The van der Waals surface area contributed by atoms with Crippen LogP contribution in [0.25, 0.3) is 28.0 Å². The van der Waals surface area contributed by atoms with Crippen molar-refractivity contribution >= 4 is 34.4 Å². The molecule has 0 spiro atoms. The smallest absolute Gasteiger partial charge is 0.230 e. The Labute approximate surface area is 191 Å². The lowest BCUT2D eigenvalue weighted by Gasteiger charge is -2.13. The highest BCUT2D eigenvalue weighted by atomic mass is 35.5. The third-order valence-electron chi connectivity index (χ3n) is 5.09. The first-order valence-corrected chi connectivity index (χ1v) is 10.9. The summed E-state index contributed by atoms with van der Waals surface area (Å²) in [6, 6.07) is 15.7. The molecule has 1 amide bonds. The molecule has 0 fully saturated rings. The van der Waals surface area contributed by atoms with Crippen LogP contribution in [0.1, 0.15) is 16.4 Å².